The summed E-state index contributed by atoms with van der Waals surface area (Å²) < 4.78 is 0. The van der Waals surface area contributed by atoms with Gasteiger partial charge in [-0.25, -0.2) is 4.99 Å². The van der Waals surface area contributed by atoms with Crippen LogP contribution in [0.2, 0.25) is 5.02 Å². The van der Waals surface area contributed by atoms with Crippen molar-refractivity contribution in [3.05, 3.63) is 57.5 Å². The number of carbonyl (C=O) groups is 1. The van der Waals surface area contributed by atoms with Gasteiger partial charge in [-0.05, 0) is 60.2 Å². The highest BCUT2D eigenvalue weighted by Crippen LogP contribution is 2.32. The van der Waals surface area contributed by atoms with Crippen molar-refractivity contribution >= 4 is 46.2 Å². The van der Waals surface area contributed by atoms with E-state index in [0.717, 1.165) is 5.56 Å². The molecule has 2 aromatic rings. The summed E-state index contributed by atoms with van der Waals surface area (Å²) in [5.41, 5.74) is 2.12. The Labute approximate surface area is 147 Å². The summed E-state index contributed by atoms with van der Waals surface area (Å²) in [5.74, 6) is -0.721. The number of phenols is 2. The van der Waals surface area contributed by atoms with Crippen LogP contribution in [0.15, 0.2) is 46.3 Å². The number of rotatable bonds is 2. The van der Waals surface area contributed by atoms with Crippen molar-refractivity contribution in [3.8, 4) is 11.5 Å². The molecule has 3 N–H and O–H groups in total. The largest absolute Gasteiger partial charge is 0.504 e. The van der Waals surface area contributed by atoms with Crippen LogP contribution in [0.3, 0.4) is 0 Å². The number of thioether (sulfide) groups is 1. The van der Waals surface area contributed by atoms with Crippen molar-refractivity contribution in [1.82, 2.24) is 5.32 Å². The first-order valence-corrected chi connectivity index (χ1v) is 8.20. The number of hydrogen-bond acceptors (Lipinski definition) is 5. The van der Waals surface area contributed by atoms with E-state index < -0.39 is 0 Å². The maximum Gasteiger partial charge on any atom is 0.264 e. The molecule has 3 rings (SSSR count). The van der Waals surface area contributed by atoms with Crippen LogP contribution in [0, 0.1) is 6.92 Å². The van der Waals surface area contributed by atoms with Crippen LogP contribution >= 0.6 is 23.4 Å². The Hall–Kier alpha value is -2.44. The van der Waals surface area contributed by atoms with E-state index in [1.54, 1.807) is 24.3 Å². The zero-order chi connectivity index (χ0) is 17.3. The van der Waals surface area contributed by atoms with Gasteiger partial charge in [0.15, 0.2) is 16.7 Å². The molecule has 24 heavy (non-hydrogen) atoms. The molecule has 0 radical (unpaired) electrons. The Morgan fingerprint density at radius 3 is 2.75 bits per heavy atom. The van der Waals surface area contributed by atoms with Gasteiger partial charge in [0.2, 0.25) is 0 Å². The van der Waals surface area contributed by atoms with Gasteiger partial charge in [0, 0.05) is 5.02 Å². The third-order valence-corrected chi connectivity index (χ3v) is 4.73. The standard InChI is InChI=1S/C17H13ClN2O3S/c1-9-11(18)3-2-4-12(9)19-17-20-16(23)15(24-17)8-10-5-6-13(21)14(22)7-10/h2-8,21-22H,1H3,(H,19,20,23). The minimum Gasteiger partial charge on any atom is -0.504 e. The molecule has 0 spiro atoms. The second-order valence-corrected chi connectivity index (χ2v) is 6.55. The van der Waals surface area contributed by atoms with Crippen molar-refractivity contribution in [3.63, 3.8) is 0 Å². The summed E-state index contributed by atoms with van der Waals surface area (Å²) in [5, 5.41) is 22.6. The molecule has 0 aromatic heterocycles. The lowest BCUT2D eigenvalue weighted by Gasteiger charge is -2.02. The molecule has 122 valence electrons. The molecule has 1 heterocycles. The van der Waals surface area contributed by atoms with Crippen LogP contribution in [0.4, 0.5) is 5.69 Å². The maximum absolute atomic E-state index is 12.1. The highest BCUT2D eigenvalue weighted by Gasteiger charge is 2.24. The van der Waals surface area contributed by atoms with Gasteiger partial charge in [-0.15, -0.1) is 0 Å². The molecule has 1 amide bonds. The molecule has 7 heteroatoms. The van der Waals surface area contributed by atoms with Crippen LogP contribution in [0.5, 0.6) is 11.5 Å². The zero-order valence-electron chi connectivity index (χ0n) is 12.6. The van der Waals surface area contributed by atoms with Crippen LogP contribution in [0.1, 0.15) is 11.1 Å². The normalized spacial score (nSPS) is 17.5. The number of phenolic OH excluding ortho intramolecular Hbond substituents is 2. The minimum atomic E-state index is -0.272. The number of aliphatic imine (C=N–C) groups is 1. The first kappa shape index (κ1) is 16.4. The molecule has 1 fully saturated rings. The van der Waals surface area contributed by atoms with Crippen molar-refractivity contribution in [2.45, 2.75) is 6.92 Å². The quantitative estimate of drug-likeness (QED) is 0.559. The number of hydrogen-bond donors (Lipinski definition) is 3. The molecular formula is C17H13ClN2O3S. The van der Waals surface area contributed by atoms with Crippen molar-refractivity contribution < 1.29 is 15.0 Å². The van der Waals surface area contributed by atoms with E-state index in [1.807, 2.05) is 13.0 Å². The fourth-order valence-electron chi connectivity index (χ4n) is 2.09. The second-order valence-electron chi connectivity index (χ2n) is 5.11. The molecule has 0 saturated carbocycles. The molecule has 5 nitrogen and oxygen atoms in total. The lowest BCUT2D eigenvalue weighted by Crippen LogP contribution is -2.19. The van der Waals surface area contributed by atoms with E-state index in [-0.39, 0.29) is 17.4 Å². The monoisotopic (exact) mass is 360 g/mol. The van der Waals surface area contributed by atoms with Crippen LogP contribution in [-0.2, 0) is 4.79 Å². The molecule has 1 aliphatic heterocycles. The number of nitrogens with zero attached hydrogens (tertiary/aromatic N) is 1. The van der Waals surface area contributed by atoms with Crippen LogP contribution in [-0.4, -0.2) is 21.3 Å². The van der Waals surface area contributed by atoms with E-state index in [0.29, 0.717) is 26.3 Å². The summed E-state index contributed by atoms with van der Waals surface area (Å²) in [6.45, 7) is 1.86. The van der Waals surface area contributed by atoms with E-state index in [2.05, 4.69) is 10.3 Å². The molecule has 2 aromatic carbocycles. The number of amides is 1. The summed E-state index contributed by atoms with van der Waals surface area (Å²) in [6.07, 6.45) is 1.62. The van der Waals surface area contributed by atoms with Gasteiger partial charge in [0.25, 0.3) is 5.91 Å². The van der Waals surface area contributed by atoms with Gasteiger partial charge < -0.3 is 15.5 Å². The second kappa shape index (κ2) is 6.59. The van der Waals surface area contributed by atoms with Gasteiger partial charge in [0.05, 0.1) is 10.6 Å². The molecule has 0 aliphatic carbocycles. The third-order valence-electron chi connectivity index (χ3n) is 3.41. The SMILES string of the molecule is Cc1c(Cl)cccc1N=C1NC(=O)C(=Cc2ccc(O)c(O)c2)S1. The number of aromatic hydroxyl groups is 2. The number of benzene rings is 2. The topological polar surface area (TPSA) is 81.9 Å². The smallest absolute Gasteiger partial charge is 0.264 e. The fourth-order valence-corrected chi connectivity index (χ4v) is 3.09. The number of amidine groups is 1. The van der Waals surface area contributed by atoms with Gasteiger partial charge in [0.1, 0.15) is 0 Å². The highest BCUT2D eigenvalue weighted by atomic mass is 35.5. The first-order valence-electron chi connectivity index (χ1n) is 7.01. The van der Waals surface area contributed by atoms with E-state index >= 15 is 0 Å². The Bertz CT molecular complexity index is 893. The van der Waals surface area contributed by atoms with E-state index in [4.69, 9.17) is 11.6 Å². The van der Waals surface area contributed by atoms with E-state index in [9.17, 15) is 15.0 Å². The maximum atomic E-state index is 12.1. The third kappa shape index (κ3) is 3.39. The van der Waals surface area contributed by atoms with Gasteiger partial charge in [-0.2, -0.15) is 0 Å². The average Bonchev–Trinajstić information content (AvgIpc) is 2.87. The summed E-state index contributed by atoms with van der Waals surface area (Å²) in [6, 6.07) is 9.75. The predicted octanol–water partition coefficient (Wildman–Crippen LogP) is 3.95. The first-order chi connectivity index (χ1) is 11.4. The van der Waals surface area contributed by atoms with Gasteiger partial charge in [-0.3, -0.25) is 4.79 Å². The Morgan fingerprint density at radius 2 is 2.00 bits per heavy atom. The fraction of sp³-hybridized carbons (Fsp3) is 0.0588. The molecular weight excluding hydrogens is 348 g/mol. The molecule has 1 aliphatic rings. The lowest BCUT2D eigenvalue weighted by molar-refractivity contribution is -0.115. The van der Waals surface area contributed by atoms with Crippen LogP contribution in [0.25, 0.3) is 6.08 Å². The number of carbonyl (C=O) groups excluding carboxylic acids is 1. The van der Waals surface area contributed by atoms with Gasteiger partial charge in [-0.1, -0.05) is 23.7 Å². The molecule has 0 bridgehead atoms. The molecule has 0 unspecified atom stereocenters. The van der Waals surface area contributed by atoms with Gasteiger partial charge >= 0.3 is 0 Å². The van der Waals surface area contributed by atoms with E-state index in [1.165, 1.54) is 23.9 Å². The Balaban J connectivity index is 1.88. The van der Waals surface area contributed by atoms with Crippen LogP contribution < -0.4 is 5.32 Å². The summed E-state index contributed by atoms with van der Waals surface area (Å²) in [7, 11) is 0. The van der Waals surface area contributed by atoms with Crippen molar-refractivity contribution in [2.75, 3.05) is 0 Å². The Morgan fingerprint density at radius 1 is 1.21 bits per heavy atom. The van der Waals surface area contributed by atoms with Crippen molar-refractivity contribution in [2.24, 2.45) is 4.99 Å². The highest BCUT2D eigenvalue weighted by molar-refractivity contribution is 8.18. The Kier molecular flexibility index (Phi) is 4.51. The molecule has 1 saturated heterocycles. The zero-order valence-corrected chi connectivity index (χ0v) is 14.1. The summed E-state index contributed by atoms with van der Waals surface area (Å²) >= 11 is 7.27. The number of halogens is 1. The number of nitrogens with one attached hydrogen (secondary N) is 1. The predicted molar refractivity (Wildman–Crippen MR) is 96.8 cm³/mol. The summed E-state index contributed by atoms with van der Waals surface area (Å²) in [4.78, 5) is 16.9. The molecule has 0 atom stereocenters. The minimum absolute atomic E-state index is 0.209. The average molecular weight is 361 g/mol. The lowest BCUT2D eigenvalue weighted by atomic mass is 10.2. The van der Waals surface area contributed by atoms with Crippen molar-refractivity contribution in [1.29, 1.82) is 0 Å².